The summed E-state index contributed by atoms with van der Waals surface area (Å²) < 4.78 is 50.1. The van der Waals surface area contributed by atoms with Gasteiger partial charge in [-0.1, -0.05) is 41.4 Å². The molecule has 0 aliphatic carbocycles. The first-order valence-corrected chi connectivity index (χ1v) is 22.3. The fraction of sp³-hybridized carbons (Fsp3) is 0.500. The van der Waals surface area contributed by atoms with Crippen molar-refractivity contribution < 1.29 is 41.5 Å². The van der Waals surface area contributed by atoms with Crippen LogP contribution in [-0.2, 0) is 26.8 Å². The van der Waals surface area contributed by atoms with E-state index in [1.807, 2.05) is 41.3 Å². The molecule has 7 rings (SSSR count). The van der Waals surface area contributed by atoms with E-state index in [1.54, 1.807) is 33.5 Å². The van der Waals surface area contributed by atoms with Crippen molar-refractivity contribution in [3.63, 3.8) is 0 Å². The van der Waals surface area contributed by atoms with Crippen LogP contribution in [0, 0.1) is 5.92 Å². The van der Waals surface area contributed by atoms with E-state index >= 15 is 0 Å². The van der Waals surface area contributed by atoms with Crippen molar-refractivity contribution >= 4 is 56.0 Å². The van der Waals surface area contributed by atoms with Crippen molar-refractivity contribution in [1.82, 2.24) is 24.3 Å². The molecule has 0 spiro atoms. The highest BCUT2D eigenvalue weighted by atomic mass is 35.5. The van der Waals surface area contributed by atoms with E-state index in [-0.39, 0.29) is 23.0 Å². The van der Waals surface area contributed by atoms with Gasteiger partial charge in [-0.2, -0.15) is 8.42 Å². The fourth-order valence-electron chi connectivity index (χ4n) is 8.37. The number of ether oxygens (including phenoxy) is 4. The number of aromatic nitrogens is 2. The summed E-state index contributed by atoms with van der Waals surface area (Å²) in [5.74, 6) is 1.83. The number of carbonyl (C=O) groups is 2. The maximum atomic E-state index is 14.1. The third-order valence-corrected chi connectivity index (χ3v) is 12.3. The Kier molecular flexibility index (Phi) is 14.8. The van der Waals surface area contributed by atoms with Crippen molar-refractivity contribution in [3.05, 3.63) is 81.6 Å². The molecule has 14 nitrogen and oxygen atoms in total. The molecule has 4 heterocycles. The summed E-state index contributed by atoms with van der Waals surface area (Å²) in [6.45, 7) is 8.44. The number of hydrogen-bond acceptors (Lipinski definition) is 11. The number of para-hydroxylation sites is 2. The molecule has 3 aliphatic heterocycles. The number of Topliss-reactive ketones (excluding diaryl/α,β-unsaturated/α-hetero) is 1. The highest BCUT2D eigenvalue weighted by Gasteiger charge is 2.42. The molecule has 1 amide bonds. The van der Waals surface area contributed by atoms with Crippen LogP contribution in [0.1, 0.15) is 52.2 Å². The van der Waals surface area contributed by atoms with Crippen molar-refractivity contribution in [2.75, 3.05) is 93.2 Å². The average Bonchev–Trinajstić information content (AvgIpc) is 3.85. The topological polar surface area (TPSA) is 153 Å². The number of methoxy groups -OCH3 is 3. The number of morpholine rings is 1. The van der Waals surface area contributed by atoms with Gasteiger partial charge < -0.3 is 33.3 Å². The van der Waals surface area contributed by atoms with Gasteiger partial charge in [0, 0.05) is 56.2 Å². The van der Waals surface area contributed by atoms with Gasteiger partial charge in [-0.15, -0.1) is 0 Å². The molecule has 0 saturated carbocycles. The van der Waals surface area contributed by atoms with E-state index in [1.165, 1.54) is 0 Å². The summed E-state index contributed by atoms with van der Waals surface area (Å²) in [6, 6.07) is 17.3. The molecule has 0 bridgehead atoms. The minimum Gasteiger partial charge on any atom is -0.493 e. The molecule has 3 aromatic carbocycles. The Morgan fingerprint density at radius 1 is 0.864 bits per heavy atom. The van der Waals surface area contributed by atoms with Crippen LogP contribution < -0.4 is 14.2 Å². The summed E-state index contributed by atoms with van der Waals surface area (Å²) >= 11 is 12.9. The number of fused-ring (bicyclic) bond motifs is 1. The molecule has 59 heavy (non-hydrogen) atoms. The van der Waals surface area contributed by atoms with Crippen molar-refractivity contribution in [2.45, 2.75) is 37.6 Å². The van der Waals surface area contributed by atoms with E-state index in [9.17, 15) is 18.0 Å². The highest BCUT2D eigenvalue weighted by molar-refractivity contribution is 7.85. The fourth-order valence-corrected chi connectivity index (χ4v) is 8.67. The number of rotatable bonds is 13. The largest absolute Gasteiger partial charge is 0.493 e. The van der Waals surface area contributed by atoms with Crippen LogP contribution in [0.2, 0.25) is 10.0 Å². The van der Waals surface area contributed by atoms with Gasteiger partial charge in [0.25, 0.3) is 16.0 Å². The van der Waals surface area contributed by atoms with Crippen LogP contribution in [0.25, 0.3) is 11.0 Å². The monoisotopic (exact) mass is 873 g/mol. The van der Waals surface area contributed by atoms with E-state index in [0.29, 0.717) is 58.0 Å². The third kappa shape index (κ3) is 10.9. The number of ketones is 1. The molecule has 3 saturated heterocycles. The lowest BCUT2D eigenvalue weighted by molar-refractivity contribution is 0.0363. The van der Waals surface area contributed by atoms with Crippen molar-refractivity contribution in [2.24, 2.45) is 5.92 Å². The number of amides is 1. The molecule has 3 aliphatic rings. The SMILES string of the molecule is COc1cc(C(=O)N2CCC(CCN3CCC(C(=O)c4nc5ccccc5n4CCN4CCOCC4)CC3)(c3ccc(Cl)c(Cl)c3)C2)cc(OC)c1OC.CS(=O)(=O)O. The van der Waals surface area contributed by atoms with Gasteiger partial charge in [0.05, 0.1) is 61.9 Å². The first-order chi connectivity index (χ1) is 28.2. The minimum atomic E-state index is -3.67. The van der Waals surface area contributed by atoms with Crippen LogP contribution in [-0.4, -0.2) is 142 Å². The van der Waals surface area contributed by atoms with Gasteiger partial charge in [0.2, 0.25) is 11.5 Å². The Morgan fingerprint density at radius 2 is 1.51 bits per heavy atom. The molecule has 1 aromatic heterocycles. The van der Waals surface area contributed by atoms with Crippen LogP contribution in [0.5, 0.6) is 17.2 Å². The van der Waals surface area contributed by atoms with E-state index in [2.05, 4.69) is 20.4 Å². The second-order valence-electron chi connectivity index (χ2n) is 15.3. The van der Waals surface area contributed by atoms with Crippen molar-refractivity contribution in [3.8, 4) is 17.2 Å². The van der Waals surface area contributed by atoms with Gasteiger partial charge in [-0.3, -0.25) is 19.0 Å². The Bertz CT molecular complexity index is 2190. The predicted molar refractivity (Wildman–Crippen MR) is 227 cm³/mol. The van der Waals surface area contributed by atoms with Crippen LogP contribution in [0.4, 0.5) is 0 Å². The molecule has 320 valence electrons. The Hall–Kier alpha value is -3.96. The molecule has 3 fully saturated rings. The lowest BCUT2D eigenvalue weighted by atomic mass is 9.76. The normalized spacial score (nSPS) is 19.3. The highest BCUT2D eigenvalue weighted by Crippen LogP contribution is 2.43. The van der Waals surface area contributed by atoms with Gasteiger partial charge in [-0.25, -0.2) is 4.98 Å². The zero-order valence-corrected chi connectivity index (χ0v) is 36.3. The molecule has 1 atom stereocenters. The number of imidazole rings is 1. The number of nitrogens with zero attached hydrogens (tertiary/aromatic N) is 5. The molecule has 4 aromatic rings. The zero-order valence-electron chi connectivity index (χ0n) is 34.0. The number of hydrogen-bond donors (Lipinski definition) is 1. The maximum absolute atomic E-state index is 14.1. The predicted octanol–water partition coefficient (Wildman–Crippen LogP) is 5.97. The summed E-state index contributed by atoms with van der Waals surface area (Å²) in [7, 11) is 0.958. The number of halogens is 2. The average molecular weight is 875 g/mol. The number of carbonyl (C=O) groups excluding carboxylic acids is 2. The van der Waals surface area contributed by atoms with Gasteiger partial charge >= 0.3 is 0 Å². The molecule has 1 unspecified atom stereocenters. The smallest absolute Gasteiger partial charge is 0.261 e. The third-order valence-electron chi connectivity index (χ3n) is 11.6. The maximum Gasteiger partial charge on any atom is 0.261 e. The van der Waals surface area contributed by atoms with Crippen LogP contribution >= 0.6 is 23.2 Å². The quantitative estimate of drug-likeness (QED) is 0.124. The first-order valence-electron chi connectivity index (χ1n) is 19.7. The number of likely N-dealkylation sites (tertiary alicyclic amines) is 2. The van der Waals surface area contributed by atoms with Crippen LogP contribution in [0.15, 0.2) is 54.6 Å². The Labute approximate surface area is 356 Å². The standard InChI is InChI=1S/C41H49Cl2N5O6.CH4O3S/c1-51-35-24-29(25-36(52-2)38(35)53-3)40(50)47-17-13-41(27-47,30-8-9-31(42)32(43)26-30)12-16-45-14-10-28(11-15-45)37(49)39-44-33-6-4-5-7-34(33)48(39)19-18-46-20-22-54-23-21-46;1-5(2,3)4/h4-9,24-26,28H,10-23,27H2,1-3H3;1H3,(H,2,3,4). The molecule has 17 heteroatoms. The van der Waals surface area contributed by atoms with E-state index < -0.39 is 10.1 Å². The zero-order chi connectivity index (χ0) is 42.3. The van der Waals surface area contributed by atoms with Gasteiger partial charge in [0.1, 0.15) is 0 Å². The molecular formula is C42H53Cl2N5O9S. The molecule has 0 radical (unpaired) electrons. The molecular weight excluding hydrogens is 821 g/mol. The summed E-state index contributed by atoms with van der Waals surface area (Å²) in [4.78, 5) is 39.8. The van der Waals surface area contributed by atoms with Gasteiger partial charge in [0.15, 0.2) is 17.3 Å². The Balaban J connectivity index is 0.00000110. The van der Waals surface area contributed by atoms with E-state index in [4.69, 9.17) is 51.7 Å². The summed E-state index contributed by atoms with van der Waals surface area (Å²) in [6.07, 6.45) is 3.86. The van der Waals surface area contributed by atoms with Crippen LogP contribution in [0.3, 0.4) is 0 Å². The minimum absolute atomic E-state index is 0.0812. The summed E-state index contributed by atoms with van der Waals surface area (Å²) in [5.41, 5.74) is 3.08. The van der Waals surface area contributed by atoms with Crippen molar-refractivity contribution in [1.29, 1.82) is 0 Å². The second kappa shape index (κ2) is 19.6. The van der Waals surface area contributed by atoms with Gasteiger partial charge in [-0.05, 0) is 87.3 Å². The summed E-state index contributed by atoms with van der Waals surface area (Å²) in [5, 5.41) is 0.999. The lowest BCUT2D eigenvalue weighted by Crippen LogP contribution is -2.41. The first kappa shape index (κ1) is 44.6. The number of piperidine rings is 1. The molecule has 1 N–H and O–H groups in total. The van der Waals surface area contributed by atoms with E-state index in [0.717, 1.165) is 101 Å². The Morgan fingerprint density at radius 3 is 2.14 bits per heavy atom. The lowest BCUT2D eigenvalue weighted by Gasteiger charge is -2.36. The number of benzene rings is 3. The second-order valence-corrected chi connectivity index (χ2v) is 17.6.